The van der Waals surface area contributed by atoms with Crippen LogP contribution in [0.1, 0.15) is 49.3 Å². The Labute approximate surface area is 149 Å². The minimum Gasteiger partial charge on any atom is -0.452 e. The van der Waals surface area contributed by atoms with Gasteiger partial charge in [0.2, 0.25) is 0 Å². The third-order valence-corrected chi connectivity index (χ3v) is 4.26. The molecule has 0 saturated carbocycles. The van der Waals surface area contributed by atoms with Crippen LogP contribution in [0.3, 0.4) is 0 Å². The summed E-state index contributed by atoms with van der Waals surface area (Å²) in [4.78, 5) is 31.1. The van der Waals surface area contributed by atoms with Crippen LogP contribution in [-0.4, -0.2) is 40.5 Å². The first-order chi connectivity index (χ1) is 11.7. The number of pyridine rings is 1. The Kier molecular flexibility index (Phi) is 5.77. The van der Waals surface area contributed by atoms with E-state index >= 15 is 0 Å². The molecule has 0 radical (unpaired) electrons. The van der Waals surface area contributed by atoms with E-state index in [1.807, 2.05) is 58.9 Å². The topological polar surface area (TPSA) is 59.5 Å². The number of hydrogen-bond acceptors (Lipinski definition) is 4. The third kappa shape index (κ3) is 3.98. The molecule has 2 aromatic rings. The molecular weight excluding hydrogens is 316 g/mol. The van der Waals surface area contributed by atoms with Crippen molar-refractivity contribution in [1.29, 1.82) is 0 Å². The first-order valence-electron chi connectivity index (χ1n) is 8.58. The minimum absolute atomic E-state index is 0.0528. The molecule has 1 amide bonds. The van der Waals surface area contributed by atoms with Crippen LogP contribution in [0.15, 0.2) is 24.3 Å². The van der Waals surface area contributed by atoms with E-state index in [1.165, 1.54) is 0 Å². The van der Waals surface area contributed by atoms with Crippen LogP contribution in [0.4, 0.5) is 0 Å². The zero-order valence-corrected chi connectivity index (χ0v) is 15.8. The Morgan fingerprint density at radius 1 is 1.08 bits per heavy atom. The van der Waals surface area contributed by atoms with Crippen LogP contribution >= 0.6 is 0 Å². The van der Waals surface area contributed by atoms with Gasteiger partial charge < -0.3 is 9.64 Å². The van der Waals surface area contributed by atoms with E-state index in [1.54, 1.807) is 11.8 Å². The van der Waals surface area contributed by atoms with Crippen molar-refractivity contribution < 1.29 is 14.3 Å². The smallest absolute Gasteiger partial charge is 0.340 e. The fraction of sp³-hybridized carbons (Fsp3) is 0.450. The van der Waals surface area contributed by atoms with Crippen LogP contribution in [-0.2, 0) is 9.53 Å². The maximum Gasteiger partial charge on any atom is 0.340 e. The number of benzene rings is 1. The number of aromatic nitrogens is 1. The van der Waals surface area contributed by atoms with Crippen LogP contribution < -0.4 is 0 Å². The SMILES string of the molecule is Cc1nc2ccccc2c(C)c1C(=O)OCC(=O)N(C(C)C)C(C)C. The standard InChI is InChI=1S/C20H26N2O3/c1-12(2)22(13(3)4)18(23)11-25-20(24)19-14(5)16-9-7-8-10-17(16)21-15(19)6/h7-10,12-13H,11H2,1-6H3. The first kappa shape index (κ1) is 18.9. The van der Waals surface area contributed by atoms with Gasteiger partial charge in [0.1, 0.15) is 0 Å². The van der Waals surface area contributed by atoms with Crippen LogP contribution in [0, 0.1) is 13.8 Å². The van der Waals surface area contributed by atoms with E-state index in [4.69, 9.17) is 4.74 Å². The molecule has 25 heavy (non-hydrogen) atoms. The molecule has 0 spiro atoms. The van der Waals surface area contributed by atoms with Crippen molar-refractivity contribution in [2.75, 3.05) is 6.61 Å². The van der Waals surface area contributed by atoms with Crippen LogP contribution in [0.2, 0.25) is 0 Å². The largest absolute Gasteiger partial charge is 0.452 e. The second kappa shape index (κ2) is 7.64. The van der Waals surface area contributed by atoms with Crippen molar-refractivity contribution in [3.63, 3.8) is 0 Å². The van der Waals surface area contributed by atoms with Gasteiger partial charge >= 0.3 is 5.97 Å². The summed E-state index contributed by atoms with van der Waals surface area (Å²) in [6.45, 7) is 11.2. The molecule has 5 nitrogen and oxygen atoms in total. The lowest BCUT2D eigenvalue weighted by atomic mass is 10.0. The number of rotatable bonds is 5. The van der Waals surface area contributed by atoms with Gasteiger partial charge in [0.15, 0.2) is 6.61 Å². The monoisotopic (exact) mass is 342 g/mol. The molecule has 0 aliphatic rings. The Morgan fingerprint density at radius 2 is 1.68 bits per heavy atom. The van der Waals surface area contributed by atoms with Crippen molar-refractivity contribution in [2.45, 2.75) is 53.6 Å². The highest BCUT2D eigenvalue weighted by Gasteiger charge is 2.23. The molecule has 0 saturated heterocycles. The fourth-order valence-electron chi connectivity index (χ4n) is 3.28. The van der Waals surface area contributed by atoms with Gasteiger partial charge in [-0.15, -0.1) is 0 Å². The second-order valence-electron chi connectivity index (χ2n) is 6.78. The molecule has 1 heterocycles. The molecule has 0 atom stereocenters. The predicted octanol–water partition coefficient (Wildman–Crippen LogP) is 3.65. The van der Waals surface area contributed by atoms with Crippen molar-refractivity contribution >= 4 is 22.8 Å². The number of aryl methyl sites for hydroxylation is 2. The molecule has 0 fully saturated rings. The first-order valence-corrected chi connectivity index (χ1v) is 8.58. The van der Waals surface area contributed by atoms with Crippen molar-refractivity contribution in [3.05, 3.63) is 41.1 Å². The number of hydrogen-bond donors (Lipinski definition) is 0. The highest BCUT2D eigenvalue weighted by atomic mass is 16.5. The highest BCUT2D eigenvalue weighted by molar-refractivity contribution is 5.99. The Bertz CT molecular complexity index is 789. The van der Waals surface area contributed by atoms with E-state index in [9.17, 15) is 9.59 Å². The zero-order valence-electron chi connectivity index (χ0n) is 15.8. The molecule has 1 aromatic carbocycles. The second-order valence-corrected chi connectivity index (χ2v) is 6.78. The molecule has 0 bridgehead atoms. The normalized spacial score (nSPS) is 11.2. The summed E-state index contributed by atoms with van der Waals surface area (Å²) in [5, 5.41) is 0.914. The lowest BCUT2D eigenvalue weighted by Crippen LogP contribution is -2.44. The van der Waals surface area contributed by atoms with Gasteiger partial charge in [-0.25, -0.2) is 4.79 Å². The van der Waals surface area contributed by atoms with Gasteiger partial charge in [0.25, 0.3) is 5.91 Å². The molecule has 5 heteroatoms. The van der Waals surface area contributed by atoms with Gasteiger partial charge in [-0.2, -0.15) is 0 Å². The van der Waals surface area contributed by atoms with Crippen LogP contribution in [0.25, 0.3) is 10.9 Å². The molecule has 0 unspecified atom stereocenters. The molecular formula is C20H26N2O3. The summed E-state index contributed by atoms with van der Waals surface area (Å²) >= 11 is 0. The predicted molar refractivity (Wildman–Crippen MR) is 98.6 cm³/mol. The van der Waals surface area contributed by atoms with E-state index < -0.39 is 5.97 Å². The number of para-hydroxylation sites is 1. The van der Waals surface area contributed by atoms with Gasteiger partial charge in [-0.1, -0.05) is 18.2 Å². The summed E-state index contributed by atoms with van der Waals surface area (Å²) in [6, 6.07) is 7.77. The highest BCUT2D eigenvalue weighted by Crippen LogP contribution is 2.23. The van der Waals surface area contributed by atoms with Gasteiger partial charge in [0.05, 0.1) is 16.8 Å². The number of fused-ring (bicyclic) bond motifs is 1. The molecule has 1 aromatic heterocycles. The maximum absolute atomic E-state index is 12.6. The Hall–Kier alpha value is -2.43. The number of amides is 1. The summed E-state index contributed by atoms with van der Waals surface area (Å²) < 4.78 is 5.31. The summed E-state index contributed by atoms with van der Waals surface area (Å²) in [5.41, 5.74) is 2.71. The van der Waals surface area contributed by atoms with Gasteiger partial charge in [-0.3, -0.25) is 9.78 Å². The molecule has 0 aliphatic heterocycles. The molecule has 0 aliphatic carbocycles. The fourth-order valence-corrected chi connectivity index (χ4v) is 3.28. The lowest BCUT2D eigenvalue weighted by Gasteiger charge is -2.30. The summed E-state index contributed by atoms with van der Waals surface area (Å²) in [6.07, 6.45) is 0. The summed E-state index contributed by atoms with van der Waals surface area (Å²) in [5.74, 6) is -0.698. The van der Waals surface area contributed by atoms with E-state index in [-0.39, 0.29) is 24.6 Å². The average molecular weight is 342 g/mol. The number of esters is 1. The number of carbonyl (C=O) groups is 2. The molecule has 2 rings (SSSR count). The van der Waals surface area contributed by atoms with Crippen LogP contribution in [0.5, 0.6) is 0 Å². The number of carbonyl (C=O) groups excluding carboxylic acids is 2. The number of ether oxygens (including phenoxy) is 1. The Balaban J connectivity index is 2.22. The summed E-state index contributed by atoms with van der Waals surface area (Å²) in [7, 11) is 0. The van der Waals surface area contributed by atoms with Crippen molar-refractivity contribution in [3.8, 4) is 0 Å². The zero-order chi connectivity index (χ0) is 18.7. The van der Waals surface area contributed by atoms with E-state index in [2.05, 4.69) is 4.98 Å². The number of nitrogens with zero attached hydrogens (tertiary/aromatic N) is 2. The van der Waals surface area contributed by atoms with E-state index in [0.29, 0.717) is 11.3 Å². The van der Waals surface area contributed by atoms with Gasteiger partial charge in [-0.05, 0) is 53.2 Å². The van der Waals surface area contributed by atoms with Gasteiger partial charge in [0, 0.05) is 17.5 Å². The molecule has 0 N–H and O–H groups in total. The molecule has 134 valence electrons. The third-order valence-electron chi connectivity index (χ3n) is 4.26. The quantitative estimate of drug-likeness (QED) is 0.778. The van der Waals surface area contributed by atoms with Crippen molar-refractivity contribution in [2.24, 2.45) is 0 Å². The Morgan fingerprint density at radius 3 is 2.28 bits per heavy atom. The maximum atomic E-state index is 12.6. The average Bonchev–Trinajstić information content (AvgIpc) is 2.52. The van der Waals surface area contributed by atoms with Crippen molar-refractivity contribution in [1.82, 2.24) is 9.88 Å². The minimum atomic E-state index is -0.505. The van der Waals surface area contributed by atoms with E-state index in [0.717, 1.165) is 16.5 Å². The lowest BCUT2D eigenvalue weighted by molar-refractivity contribution is -0.138.